The molecule has 0 spiro atoms. The lowest BCUT2D eigenvalue weighted by molar-refractivity contribution is -0.205. The zero-order valence-corrected chi connectivity index (χ0v) is 22.9. The molecule has 1 aliphatic heterocycles. The molecule has 8 heteroatoms. The van der Waals surface area contributed by atoms with Crippen molar-refractivity contribution in [2.24, 2.45) is 0 Å². The molecule has 0 radical (unpaired) electrons. The third kappa shape index (κ3) is 7.41. The third-order valence-corrected chi connectivity index (χ3v) is 8.57. The minimum Gasteiger partial charge on any atom is -0.374 e. The molecule has 1 unspecified atom stereocenters. The van der Waals surface area contributed by atoms with Crippen LogP contribution in [0, 0.1) is 0 Å². The van der Waals surface area contributed by atoms with Crippen molar-refractivity contribution in [3.63, 3.8) is 0 Å². The van der Waals surface area contributed by atoms with Crippen LogP contribution < -0.4 is 0 Å². The van der Waals surface area contributed by atoms with Gasteiger partial charge in [-0.3, -0.25) is 0 Å². The molecule has 208 valence electrons. The Balaban J connectivity index is 1.40. The summed E-state index contributed by atoms with van der Waals surface area (Å²) in [5.74, 6) is 0. The third-order valence-electron chi connectivity index (χ3n) is 6.75. The molecule has 1 aromatic heterocycles. The summed E-state index contributed by atoms with van der Waals surface area (Å²) in [4.78, 5) is 4.09. The first-order valence-corrected chi connectivity index (χ1v) is 14.9. The number of nitrogens with zero attached hydrogens (tertiary/aromatic N) is 1. The van der Waals surface area contributed by atoms with E-state index in [0.29, 0.717) is 19.8 Å². The monoisotopic (exact) mass is 559 g/mol. The largest absolute Gasteiger partial charge is 0.374 e. The molecule has 4 atom stereocenters. The molecule has 1 saturated heterocycles. The first-order chi connectivity index (χ1) is 19.6. The quantitative estimate of drug-likeness (QED) is 0.231. The summed E-state index contributed by atoms with van der Waals surface area (Å²) in [6.07, 6.45) is -0.252. The zero-order chi connectivity index (χ0) is 27.6. The molecule has 0 saturated carbocycles. The first kappa shape index (κ1) is 28.1. The van der Waals surface area contributed by atoms with Crippen molar-refractivity contribution >= 4 is 9.84 Å². The highest BCUT2D eigenvalue weighted by atomic mass is 32.2. The molecule has 1 fully saturated rings. The van der Waals surface area contributed by atoms with Gasteiger partial charge in [-0.05, 0) is 28.8 Å². The summed E-state index contributed by atoms with van der Waals surface area (Å²) in [6, 6.07) is 34.2. The number of rotatable bonds is 12. The molecule has 5 rings (SSSR count). The smallest absolute Gasteiger partial charge is 0.222 e. The molecule has 0 aliphatic carbocycles. The fourth-order valence-electron chi connectivity index (χ4n) is 4.66. The van der Waals surface area contributed by atoms with Crippen LogP contribution in [0.2, 0.25) is 0 Å². The van der Waals surface area contributed by atoms with Crippen molar-refractivity contribution < 1.29 is 27.4 Å². The van der Waals surface area contributed by atoms with E-state index in [1.165, 1.54) is 12.3 Å². The van der Waals surface area contributed by atoms with Gasteiger partial charge >= 0.3 is 0 Å². The molecule has 0 bridgehead atoms. The van der Waals surface area contributed by atoms with Crippen LogP contribution in [0.15, 0.2) is 120 Å². The molecular formula is C32H33NO6S. The summed E-state index contributed by atoms with van der Waals surface area (Å²) in [7, 11) is -3.90. The Bertz CT molecular complexity index is 1410. The van der Waals surface area contributed by atoms with Crippen molar-refractivity contribution in [3.8, 4) is 0 Å². The number of hydrogen-bond acceptors (Lipinski definition) is 7. The predicted octanol–water partition coefficient (Wildman–Crippen LogP) is 5.36. The first-order valence-electron chi connectivity index (χ1n) is 13.3. The number of pyridine rings is 1. The van der Waals surface area contributed by atoms with E-state index < -0.39 is 33.6 Å². The maximum Gasteiger partial charge on any atom is 0.222 e. The zero-order valence-electron chi connectivity index (χ0n) is 22.1. The fourth-order valence-corrected chi connectivity index (χ4v) is 6.14. The van der Waals surface area contributed by atoms with Gasteiger partial charge in [-0.2, -0.15) is 0 Å². The van der Waals surface area contributed by atoms with E-state index in [1.54, 1.807) is 12.1 Å². The summed E-state index contributed by atoms with van der Waals surface area (Å²) in [5.41, 5.74) is 1.83. The number of hydrogen-bond donors (Lipinski definition) is 0. The predicted molar refractivity (Wildman–Crippen MR) is 151 cm³/mol. The SMILES string of the molecule is O=S(=O)(c1ccccn1)C1C[C@@H](OCc2ccccc2)[C@H](OCc2ccccc2)[C@@H](COCc2ccccc2)O1. The average Bonchev–Trinajstić information content (AvgIpc) is 3.01. The maximum atomic E-state index is 13.6. The van der Waals surface area contributed by atoms with Crippen LogP contribution in [0.1, 0.15) is 23.1 Å². The van der Waals surface area contributed by atoms with Crippen LogP contribution in [0.3, 0.4) is 0 Å². The van der Waals surface area contributed by atoms with E-state index in [-0.39, 0.29) is 18.1 Å². The molecule has 7 nitrogen and oxygen atoms in total. The van der Waals surface area contributed by atoms with E-state index in [4.69, 9.17) is 18.9 Å². The Morgan fingerprint density at radius 3 is 1.82 bits per heavy atom. The Hall–Kier alpha value is -3.40. The van der Waals surface area contributed by atoms with E-state index in [0.717, 1.165) is 16.7 Å². The van der Waals surface area contributed by atoms with Gasteiger partial charge in [-0.1, -0.05) is 97.1 Å². The highest BCUT2D eigenvalue weighted by Gasteiger charge is 2.46. The lowest BCUT2D eigenvalue weighted by Crippen LogP contribution is -2.54. The molecule has 4 aromatic rings. The van der Waals surface area contributed by atoms with Crippen LogP contribution >= 0.6 is 0 Å². The number of ether oxygens (including phenoxy) is 4. The van der Waals surface area contributed by atoms with Crippen LogP contribution in [0.25, 0.3) is 0 Å². The Labute approximate surface area is 235 Å². The van der Waals surface area contributed by atoms with Gasteiger partial charge in [0.1, 0.15) is 12.2 Å². The molecular weight excluding hydrogens is 526 g/mol. The van der Waals surface area contributed by atoms with Crippen molar-refractivity contribution in [2.75, 3.05) is 6.61 Å². The Kier molecular flexibility index (Phi) is 9.70. The number of benzene rings is 3. The van der Waals surface area contributed by atoms with Crippen molar-refractivity contribution in [1.82, 2.24) is 4.98 Å². The minimum absolute atomic E-state index is 0.0329. The highest BCUT2D eigenvalue weighted by Crippen LogP contribution is 2.32. The number of aromatic nitrogens is 1. The van der Waals surface area contributed by atoms with Gasteiger partial charge in [0.15, 0.2) is 10.5 Å². The van der Waals surface area contributed by atoms with E-state index in [9.17, 15) is 8.42 Å². The van der Waals surface area contributed by atoms with Gasteiger partial charge in [0.05, 0.1) is 32.5 Å². The second-order valence-corrected chi connectivity index (χ2v) is 11.7. The maximum absolute atomic E-state index is 13.6. The van der Waals surface area contributed by atoms with E-state index >= 15 is 0 Å². The van der Waals surface area contributed by atoms with Crippen molar-refractivity contribution in [1.29, 1.82) is 0 Å². The summed E-state index contributed by atoms with van der Waals surface area (Å²) >= 11 is 0. The van der Waals surface area contributed by atoms with E-state index in [1.807, 2.05) is 91.0 Å². The molecule has 2 heterocycles. The van der Waals surface area contributed by atoms with Gasteiger partial charge in [-0.15, -0.1) is 0 Å². The summed E-state index contributed by atoms with van der Waals surface area (Å²) in [6.45, 7) is 1.13. The second kappa shape index (κ2) is 13.8. The van der Waals surface area contributed by atoms with Gasteiger partial charge in [0.2, 0.25) is 9.84 Å². The van der Waals surface area contributed by atoms with Crippen LogP contribution in [0.4, 0.5) is 0 Å². The molecule has 1 aliphatic rings. The second-order valence-electron chi connectivity index (χ2n) is 9.65. The van der Waals surface area contributed by atoms with Crippen LogP contribution in [0.5, 0.6) is 0 Å². The van der Waals surface area contributed by atoms with E-state index in [2.05, 4.69) is 4.98 Å². The fraction of sp³-hybridized carbons (Fsp3) is 0.281. The topological polar surface area (TPSA) is 84.0 Å². The van der Waals surface area contributed by atoms with Crippen LogP contribution in [-0.2, 0) is 48.6 Å². The van der Waals surface area contributed by atoms with Crippen LogP contribution in [-0.4, -0.2) is 43.8 Å². The van der Waals surface area contributed by atoms with Crippen molar-refractivity contribution in [3.05, 3.63) is 132 Å². The van der Waals surface area contributed by atoms with Gasteiger partial charge in [0, 0.05) is 12.6 Å². The minimum atomic E-state index is -3.90. The molecule has 40 heavy (non-hydrogen) atoms. The standard InChI is InChI=1S/C32H33NO6S/c34-40(35,30-18-10-11-19-33-30)31-20-28(37-22-26-14-6-2-7-15-26)32(38-23-27-16-8-3-9-17-27)29(39-31)24-36-21-25-12-4-1-5-13-25/h1-19,28-29,31-32H,20-24H2/t28-,29-,31?,32+/m1/s1. The normalized spacial score (nSPS) is 21.2. The Morgan fingerprint density at radius 1 is 0.700 bits per heavy atom. The molecule has 0 N–H and O–H groups in total. The van der Waals surface area contributed by atoms with Gasteiger partial charge < -0.3 is 18.9 Å². The van der Waals surface area contributed by atoms with Gasteiger partial charge in [0.25, 0.3) is 0 Å². The molecule has 0 amide bonds. The van der Waals surface area contributed by atoms with Gasteiger partial charge in [-0.25, -0.2) is 13.4 Å². The lowest BCUT2D eigenvalue weighted by Gasteiger charge is -2.41. The summed E-state index contributed by atoms with van der Waals surface area (Å²) in [5, 5.41) is -0.0329. The molecule has 3 aromatic carbocycles. The summed E-state index contributed by atoms with van der Waals surface area (Å²) < 4.78 is 52.3. The Morgan fingerprint density at radius 2 is 1.25 bits per heavy atom. The van der Waals surface area contributed by atoms with Crippen molar-refractivity contribution in [2.45, 2.75) is 55.0 Å². The average molecular weight is 560 g/mol. The lowest BCUT2D eigenvalue weighted by atomic mass is 10.0. The highest BCUT2D eigenvalue weighted by molar-refractivity contribution is 7.91. The number of sulfone groups is 1.